The lowest BCUT2D eigenvalue weighted by molar-refractivity contribution is 0.161. The van der Waals surface area contributed by atoms with Crippen LogP contribution in [0.4, 0.5) is 0 Å². The van der Waals surface area contributed by atoms with Crippen molar-refractivity contribution in [2.24, 2.45) is 0 Å². The van der Waals surface area contributed by atoms with Crippen LogP contribution in [0.15, 0.2) is 53.1 Å². The van der Waals surface area contributed by atoms with E-state index in [1.54, 1.807) is 12.1 Å². The maximum Gasteiger partial charge on any atom is 0.258 e. The van der Waals surface area contributed by atoms with E-state index in [4.69, 9.17) is 26.1 Å². The highest BCUT2D eigenvalue weighted by Crippen LogP contribution is 2.20. The van der Waals surface area contributed by atoms with Gasteiger partial charge in [-0.1, -0.05) is 28.9 Å². The lowest BCUT2D eigenvalue weighted by Crippen LogP contribution is -2.06. The Morgan fingerprint density at radius 2 is 2.00 bits per heavy atom. The summed E-state index contributed by atoms with van der Waals surface area (Å²) in [7, 11) is 0. The number of aromatic nitrogens is 2. The average Bonchev–Trinajstić information content (AvgIpc) is 3.03. The summed E-state index contributed by atoms with van der Waals surface area (Å²) in [5.41, 5.74) is 3.80. The number of hydroxylamine groups is 1. The topological polar surface area (TPSA) is 80.4 Å². The molecule has 0 radical (unpaired) electrons. The molecule has 2 aromatic carbocycles. The van der Waals surface area contributed by atoms with Crippen LogP contribution in [0.1, 0.15) is 11.4 Å². The molecule has 118 valence electrons. The molecule has 6 nitrogen and oxygen atoms in total. The minimum atomic E-state index is 0.188. The predicted octanol–water partition coefficient (Wildman–Crippen LogP) is 3.45. The fourth-order valence-corrected chi connectivity index (χ4v) is 2.13. The minimum absolute atomic E-state index is 0.188. The molecule has 0 saturated heterocycles. The summed E-state index contributed by atoms with van der Waals surface area (Å²) in [6, 6.07) is 14.5. The van der Waals surface area contributed by atoms with Crippen molar-refractivity contribution < 1.29 is 14.5 Å². The van der Waals surface area contributed by atoms with Gasteiger partial charge in [0.15, 0.2) is 6.61 Å². The van der Waals surface area contributed by atoms with Crippen LogP contribution in [0.2, 0.25) is 5.02 Å². The molecule has 1 aromatic heterocycles. The van der Waals surface area contributed by atoms with E-state index in [2.05, 4.69) is 15.6 Å². The van der Waals surface area contributed by atoms with E-state index in [9.17, 15) is 0 Å². The molecule has 0 bridgehead atoms. The van der Waals surface area contributed by atoms with Crippen LogP contribution in [0.5, 0.6) is 5.75 Å². The van der Waals surface area contributed by atoms with Gasteiger partial charge in [-0.05, 0) is 42.0 Å². The lowest BCUT2D eigenvalue weighted by atomic mass is 10.2. The molecule has 3 rings (SSSR count). The normalized spacial score (nSPS) is 10.7. The average molecular weight is 332 g/mol. The minimum Gasteiger partial charge on any atom is -0.485 e. The van der Waals surface area contributed by atoms with E-state index in [1.165, 1.54) is 0 Å². The molecule has 0 saturated carbocycles. The van der Waals surface area contributed by atoms with Crippen LogP contribution < -0.4 is 10.2 Å². The molecule has 3 aromatic rings. The van der Waals surface area contributed by atoms with E-state index in [0.29, 0.717) is 29.0 Å². The summed E-state index contributed by atoms with van der Waals surface area (Å²) >= 11 is 5.85. The number of nitrogens with zero attached hydrogens (tertiary/aromatic N) is 2. The molecule has 23 heavy (non-hydrogen) atoms. The van der Waals surface area contributed by atoms with Gasteiger partial charge in [0.1, 0.15) is 5.75 Å². The smallest absolute Gasteiger partial charge is 0.258 e. The van der Waals surface area contributed by atoms with Gasteiger partial charge >= 0.3 is 0 Å². The second kappa shape index (κ2) is 7.23. The molecular formula is C16H14ClN3O3. The van der Waals surface area contributed by atoms with Crippen LogP contribution in [0.25, 0.3) is 11.5 Å². The maximum absolute atomic E-state index is 8.72. The molecular weight excluding hydrogens is 318 g/mol. The van der Waals surface area contributed by atoms with Gasteiger partial charge < -0.3 is 14.5 Å². The number of ether oxygens (including phenoxy) is 1. The molecule has 1 heterocycles. The molecule has 0 amide bonds. The zero-order valence-corrected chi connectivity index (χ0v) is 12.8. The van der Waals surface area contributed by atoms with E-state index >= 15 is 0 Å². The zero-order chi connectivity index (χ0) is 16.1. The summed E-state index contributed by atoms with van der Waals surface area (Å²) < 4.78 is 10.8. The van der Waals surface area contributed by atoms with Gasteiger partial charge in [-0.2, -0.15) is 4.98 Å². The van der Waals surface area contributed by atoms with Crippen molar-refractivity contribution in [1.82, 2.24) is 15.6 Å². The first-order valence-corrected chi connectivity index (χ1v) is 7.29. The number of rotatable bonds is 6. The fraction of sp³-hybridized carbons (Fsp3) is 0.125. The van der Waals surface area contributed by atoms with Gasteiger partial charge in [-0.25, -0.2) is 5.48 Å². The van der Waals surface area contributed by atoms with E-state index in [-0.39, 0.29) is 6.61 Å². The summed E-state index contributed by atoms with van der Waals surface area (Å²) in [6.07, 6.45) is 0. The Labute approximate surface area is 137 Å². The molecule has 7 heteroatoms. The third-order valence-corrected chi connectivity index (χ3v) is 3.36. The Balaban J connectivity index is 1.65. The Morgan fingerprint density at radius 3 is 2.78 bits per heavy atom. The van der Waals surface area contributed by atoms with Gasteiger partial charge in [0.25, 0.3) is 5.89 Å². The first-order chi connectivity index (χ1) is 11.2. The highest BCUT2D eigenvalue weighted by atomic mass is 35.5. The standard InChI is InChI=1S/C16H14ClN3O3/c17-13-6-4-12(5-7-13)16-19-15(20-23-16)10-22-14-3-1-2-11(8-14)9-18-21/h1-8,18,21H,9-10H2. The van der Waals surface area contributed by atoms with Gasteiger partial charge in [0, 0.05) is 17.1 Å². The number of halogens is 1. The summed E-state index contributed by atoms with van der Waals surface area (Å²) in [4.78, 5) is 4.29. The molecule has 0 aliphatic carbocycles. The maximum atomic E-state index is 8.72. The molecule has 0 atom stereocenters. The van der Waals surface area contributed by atoms with Gasteiger partial charge in [0.05, 0.1) is 0 Å². The van der Waals surface area contributed by atoms with Gasteiger partial charge in [-0.3, -0.25) is 0 Å². The first-order valence-electron chi connectivity index (χ1n) is 6.92. The van der Waals surface area contributed by atoms with Crippen molar-refractivity contribution >= 4 is 11.6 Å². The van der Waals surface area contributed by atoms with Crippen molar-refractivity contribution in [3.8, 4) is 17.2 Å². The molecule has 0 fully saturated rings. The Bertz CT molecular complexity index is 774. The van der Waals surface area contributed by atoms with Gasteiger partial charge in [-0.15, -0.1) is 0 Å². The second-order valence-electron chi connectivity index (χ2n) is 4.79. The Hall–Kier alpha value is -2.41. The largest absolute Gasteiger partial charge is 0.485 e. The highest BCUT2D eigenvalue weighted by Gasteiger charge is 2.09. The molecule has 0 aliphatic rings. The Kier molecular flexibility index (Phi) is 4.87. The molecule has 0 spiro atoms. The van der Waals surface area contributed by atoms with Crippen molar-refractivity contribution in [3.05, 3.63) is 64.9 Å². The van der Waals surface area contributed by atoms with E-state index < -0.39 is 0 Å². The van der Waals surface area contributed by atoms with Crippen molar-refractivity contribution in [1.29, 1.82) is 0 Å². The fourth-order valence-electron chi connectivity index (χ4n) is 2.01. The summed E-state index contributed by atoms with van der Waals surface area (Å²) in [5.74, 6) is 1.52. The number of nitrogens with one attached hydrogen (secondary N) is 1. The van der Waals surface area contributed by atoms with Crippen LogP contribution in [-0.4, -0.2) is 15.3 Å². The van der Waals surface area contributed by atoms with Crippen molar-refractivity contribution in [2.75, 3.05) is 0 Å². The Morgan fingerprint density at radius 1 is 1.17 bits per heavy atom. The van der Waals surface area contributed by atoms with Crippen molar-refractivity contribution in [2.45, 2.75) is 13.2 Å². The third-order valence-electron chi connectivity index (χ3n) is 3.11. The highest BCUT2D eigenvalue weighted by molar-refractivity contribution is 6.30. The van der Waals surface area contributed by atoms with Crippen LogP contribution >= 0.6 is 11.6 Å². The van der Waals surface area contributed by atoms with Crippen LogP contribution in [0.3, 0.4) is 0 Å². The van der Waals surface area contributed by atoms with Crippen LogP contribution in [0, 0.1) is 0 Å². The number of hydrogen-bond donors (Lipinski definition) is 2. The molecule has 0 unspecified atom stereocenters. The second-order valence-corrected chi connectivity index (χ2v) is 5.23. The van der Waals surface area contributed by atoms with Crippen LogP contribution in [-0.2, 0) is 13.2 Å². The summed E-state index contributed by atoms with van der Waals surface area (Å²) in [5, 5.41) is 13.3. The number of benzene rings is 2. The number of hydrogen-bond acceptors (Lipinski definition) is 6. The molecule has 0 aliphatic heterocycles. The monoisotopic (exact) mass is 331 g/mol. The molecule has 2 N–H and O–H groups in total. The quantitative estimate of drug-likeness (QED) is 0.673. The first kappa shape index (κ1) is 15.5. The lowest BCUT2D eigenvalue weighted by Gasteiger charge is -2.05. The predicted molar refractivity (Wildman–Crippen MR) is 84.1 cm³/mol. The van der Waals surface area contributed by atoms with Gasteiger partial charge in [0.2, 0.25) is 5.82 Å². The van der Waals surface area contributed by atoms with E-state index in [1.807, 2.05) is 36.4 Å². The van der Waals surface area contributed by atoms with Crippen molar-refractivity contribution in [3.63, 3.8) is 0 Å². The third kappa shape index (κ3) is 4.07. The van der Waals surface area contributed by atoms with E-state index in [0.717, 1.165) is 11.1 Å². The zero-order valence-electron chi connectivity index (χ0n) is 12.1. The summed E-state index contributed by atoms with van der Waals surface area (Å²) in [6.45, 7) is 0.535. The SMILES string of the molecule is ONCc1cccc(OCc2noc(-c3ccc(Cl)cc3)n2)c1.